The second-order valence-electron chi connectivity index (χ2n) is 5.11. The molecule has 2 aromatic carbocycles. The molecule has 0 unspecified atom stereocenters. The third kappa shape index (κ3) is 3.03. The monoisotopic (exact) mass is 372 g/mol. The van der Waals surface area contributed by atoms with E-state index in [2.05, 4.69) is 21.2 Å². The molecule has 0 aromatic heterocycles. The molecule has 5 nitrogen and oxygen atoms in total. The van der Waals surface area contributed by atoms with Gasteiger partial charge in [0.2, 0.25) is 5.91 Å². The molecule has 1 aliphatic heterocycles. The van der Waals surface area contributed by atoms with Crippen LogP contribution in [0.15, 0.2) is 53.0 Å². The summed E-state index contributed by atoms with van der Waals surface area (Å²) in [5, 5.41) is 2.72. The molecule has 0 radical (unpaired) electrons. The van der Waals surface area contributed by atoms with Crippen molar-refractivity contribution in [3.05, 3.63) is 69.7 Å². The number of hydrogen-bond acceptors (Lipinski definition) is 3. The summed E-state index contributed by atoms with van der Waals surface area (Å²) in [4.78, 5) is 37.4. The number of hydrogen-bond donors (Lipinski definition) is 1. The van der Waals surface area contributed by atoms with Crippen molar-refractivity contribution >= 4 is 33.7 Å². The standard InChI is InChI=1S/C17H13BrN2O3/c18-14-8-4-1-5-11(14)9-19-15(21)10-20-16(22)12-6-2-3-7-13(12)17(20)23/h1-8H,9-10H2,(H,19,21). The van der Waals surface area contributed by atoms with Gasteiger partial charge in [-0.3, -0.25) is 19.3 Å². The summed E-state index contributed by atoms with van der Waals surface area (Å²) >= 11 is 3.40. The summed E-state index contributed by atoms with van der Waals surface area (Å²) in [5.41, 5.74) is 1.61. The molecular weight excluding hydrogens is 360 g/mol. The summed E-state index contributed by atoms with van der Waals surface area (Å²) < 4.78 is 0.890. The summed E-state index contributed by atoms with van der Waals surface area (Å²) in [7, 11) is 0. The van der Waals surface area contributed by atoms with E-state index in [1.165, 1.54) is 0 Å². The van der Waals surface area contributed by atoms with E-state index in [4.69, 9.17) is 0 Å². The third-order valence-electron chi connectivity index (χ3n) is 3.61. The molecule has 1 heterocycles. The van der Waals surface area contributed by atoms with Gasteiger partial charge in [0, 0.05) is 11.0 Å². The molecule has 0 bridgehead atoms. The van der Waals surface area contributed by atoms with E-state index in [0.717, 1.165) is 14.9 Å². The minimum atomic E-state index is -0.429. The van der Waals surface area contributed by atoms with Gasteiger partial charge in [0.15, 0.2) is 0 Å². The Morgan fingerprint density at radius 3 is 2.13 bits per heavy atom. The predicted molar refractivity (Wildman–Crippen MR) is 87.8 cm³/mol. The zero-order chi connectivity index (χ0) is 16.4. The Morgan fingerprint density at radius 1 is 0.957 bits per heavy atom. The van der Waals surface area contributed by atoms with Crippen molar-refractivity contribution in [2.45, 2.75) is 6.54 Å². The Balaban J connectivity index is 1.64. The number of halogens is 1. The second-order valence-corrected chi connectivity index (χ2v) is 5.96. The van der Waals surface area contributed by atoms with Crippen molar-refractivity contribution in [3.63, 3.8) is 0 Å². The van der Waals surface area contributed by atoms with Gasteiger partial charge in [-0.15, -0.1) is 0 Å². The normalized spacial score (nSPS) is 13.2. The van der Waals surface area contributed by atoms with E-state index in [-0.39, 0.29) is 12.5 Å². The van der Waals surface area contributed by atoms with E-state index < -0.39 is 11.8 Å². The van der Waals surface area contributed by atoms with Crippen molar-refractivity contribution in [3.8, 4) is 0 Å². The first-order chi connectivity index (χ1) is 11.1. The van der Waals surface area contributed by atoms with E-state index in [9.17, 15) is 14.4 Å². The van der Waals surface area contributed by atoms with Gasteiger partial charge in [0.05, 0.1) is 11.1 Å². The zero-order valence-corrected chi connectivity index (χ0v) is 13.7. The molecule has 2 aromatic rings. The molecule has 1 aliphatic rings. The molecule has 23 heavy (non-hydrogen) atoms. The van der Waals surface area contributed by atoms with Crippen LogP contribution in [0.5, 0.6) is 0 Å². The van der Waals surface area contributed by atoms with Crippen LogP contribution in [0.1, 0.15) is 26.3 Å². The molecule has 0 saturated carbocycles. The van der Waals surface area contributed by atoms with E-state index in [0.29, 0.717) is 17.7 Å². The number of benzene rings is 2. The van der Waals surface area contributed by atoms with Crippen LogP contribution in [0, 0.1) is 0 Å². The highest BCUT2D eigenvalue weighted by Gasteiger charge is 2.36. The van der Waals surface area contributed by atoms with Crippen molar-refractivity contribution in [2.24, 2.45) is 0 Å². The molecule has 0 saturated heterocycles. The van der Waals surface area contributed by atoms with Crippen LogP contribution in [0.3, 0.4) is 0 Å². The lowest BCUT2D eigenvalue weighted by atomic mass is 10.1. The van der Waals surface area contributed by atoms with E-state index in [1.54, 1.807) is 24.3 Å². The molecule has 0 fully saturated rings. The first kappa shape index (κ1) is 15.4. The smallest absolute Gasteiger partial charge is 0.262 e. The maximum atomic E-state index is 12.2. The lowest BCUT2D eigenvalue weighted by Crippen LogP contribution is -2.40. The fourth-order valence-corrected chi connectivity index (χ4v) is 2.84. The van der Waals surface area contributed by atoms with Crippen molar-refractivity contribution < 1.29 is 14.4 Å². The Hall–Kier alpha value is -2.47. The van der Waals surface area contributed by atoms with Crippen LogP contribution in [0.4, 0.5) is 0 Å². The van der Waals surface area contributed by atoms with Gasteiger partial charge in [-0.05, 0) is 23.8 Å². The van der Waals surface area contributed by atoms with Gasteiger partial charge in [0.25, 0.3) is 11.8 Å². The summed E-state index contributed by atoms with van der Waals surface area (Å²) in [6.45, 7) is 0.0419. The second kappa shape index (κ2) is 6.34. The zero-order valence-electron chi connectivity index (χ0n) is 12.1. The number of carbonyl (C=O) groups excluding carboxylic acids is 3. The Bertz CT molecular complexity index is 769. The Morgan fingerprint density at radius 2 is 1.52 bits per heavy atom. The first-order valence-electron chi connectivity index (χ1n) is 7.03. The third-order valence-corrected chi connectivity index (χ3v) is 4.39. The van der Waals surface area contributed by atoms with Crippen molar-refractivity contribution in [1.82, 2.24) is 10.2 Å². The largest absolute Gasteiger partial charge is 0.350 e. The highest BCUT2D eigenvalue weighted by atomic mass is 79.9. The highest BCUT2D eigenvalue weighted by Crippen LogP contribution is 2.22. The molecule has 0 atom stereocenters. The van der Waals surface area contributed by atoms with Crippen LogP contribution in [-0.2, 0) is 11.3 Å². The number of nitrogens with zero attached hydrogens (tertiary/aromatic N) is 1. The Labute approximate surface area is 141 Å². The number of nitrogens with one attached hydrogen (secondary N) is 1. The first-order valence-corrected chi connectivity index (χ1v) is 7.82. The summed E-state index contributed by atoms with van der Waals surface area (Å²) in [6, 6.07) is 14.1. The molecule has 116 valence electrons. The van der Waals surface area contributed by atoms with Crippen molar-refractivity contribution in [2.75, 3.05) is 6.54 Å². The lowest BCUT2D eigenvalue weighted by molar-refractivity contribution is -0.121. The summed E-state index contributed by atoms with van der Waals surface area (Å²) in [6.07, 6.45) is 0. The molecule has 6 heteroatoms. The SMILES string of the molecule is O=C(CN1C(=O)c2ccccc2C1=O)NCc1ccccc1Br. The van der Waals surface area contributed by atoms with Crippen LogP contribution >= 0.6 is 15.9 Å². The fourth-order valence-electron chi connectivity index (χ4n) is 2.42. The van der Waals surface area contributed by atoms with Gasteiger partial charge in [-0.1, -0.05) is 46.3 Å². The molecule has 0 aliphatic carbocycles. The predicted octanol–water partition coefficient (Wildman–Crippen LogP) is 2.36. The van der Waals surface area contributed by atoms with Crippen LogP contribution < -0.4 is 5.32 Å². The average Bonchev–Trinajstić information content (AvgIpc) is 2.80. The number of imide groups is 1. The van der Waals surface area contributed by atoms with Gasteiger partial charge in [-0.2, -0.15) is 0 Å². The van der Waals surface area contributed by atoms with E-state index in [1.807, 2.05) is 24.3 Å². The number of fused-ring (bicyclic) bond motifs is 1. The number of carbonyl (C=O) groups is 3. The van der Waals surface area contributed by atoms with Gasteiger partial charge in [0.1, 0.15) is 6.54 Å². The average molecular weight is 373 g/mol. The van der Waals surface area contributed by atoms with Crippen LogP contribution in [-0.4, -0.2) is 29.2 Å². The molecule has 0 spiro atoms. The van der Waals surface area contributed by atoms with Crippen LogP contribution in [0.2, 0.25) is 0 Å². The topological polar surface area (TPSA) is 66.5 Å². The molecule has 1 N–H and O–H groups in total. The molecule has 3 rings (SSSR count). The van der Waals surface area contributed by atoms with Gasteiger partial charge < -0.3 is 5.32 Å². The lowest BCUT2D eigenvalue weighted by Gasteiger charge is -2.14. The van der Waals surface area contributed by atoms with E-state index >= 15 is 0 Å². The maximum absolute atomic E-state index is 12.2. The summed E-state index contributed by atoms with van der Waals surface area (Å²) in [5.74, 6) is -1.24. The fraction of sp³-hybridized carbons (Fsp3) is 0.118. The number of amides is 3. The minimum absolute atomic E-state index is 0.281. The number of rotatable bonds is 4. The quantitative estimate of drug-likeness (QED) is 0.837. The maximum Gasteiger partial charge on any atom is 0.262 e. The Kier molecular flexibility index (Phi) is 4.25. The van der Waals surface area contributed by atoms with Gasteiger partial charge >= 0.3 is 0 Å². The molecule has 3 amide bonds. The molecular formula is C17H13BrN2O3. The minimum Gasteiger partial charge on any atom is -0.350 e. The van der Waals surface area contributed by atoms with Crippen LogP contribution in [0.25, 0.3) is 0 Å². The van der Waals surface area contributed by atoms with Gasteiger partial charge in [-0.25, -0.2) is 0 Å². The van der Waals surface area contributed by atoms with Crippen molar-refractivity contribution in [1.29, 1.82) is 0 Å². The highest BCUT2D eigenvalue weighted by molar-refractivity contribution is 9.10.